The fraction of sp³-hybridized carbons (Fsp3) is 0.304. The molecule has 2 aromatic carbocycles. The molecule has 16 nitrogen and oxygen atoms in total. The van der Waals surface area contributed by atoms with E-state index in [4.69, 9.17) is 18.9 Å². The van der Waals surface area contributed by atoms with Gasteiger partial charge in [-0.1, -0.05) is 6.42 Å². The zero-order valence-electron chi connectivity index (χ0n) is 20.3. The third kappa shape index (κ3) is 6.94. The molecule has 16 heteroatoms. The van der Waals surface area contributed by atoms with E-state index < -0.39 is 21.7 Å². The zero-order valence-corrected chi connectivity index (χ0v) is 20.3. The van der Waals surface area contributed by atoms with Crippen LogP contribution in [0.1, 0.15) is 43.2 Å². The van der Waals surface area contributed by atoms with Crippen LogP contribution in [0.2, 0.25) is 0 Å². The number of fused-ring (bicyclic) bond motifs is 2. The summed E-state index contributed by atoms with van der Waals surface area (Å²) in [4.78, 5) is 45.3. The predicted octanol–water partition coefficient (Wildman–Crippen LogP) is 2.51. The van der Waals surface area contributed by atoms with Crippen LogP contribution in [0, 0.1) is 20.2 Å². The van der Waals surface area contributed by atoms with Crippen molar-refractivity contribution in [3.8, 4) is 23.0 Å². The second-order valence-corrected chi connectivity index (χ2v) is 8.19. The molecule has 2 aliphatic heterocycles. The molecule has 0 bridgehead atoms. The summed E-state index contributed by atoms with van der Waals surface area (Å²) in [7, 11) is 0. The lowest BCUT2D eigenvalue weighted by Crippen LogP contribution is -2.18. The molecule has 204 valence electrons. The van der Waals surface area contributed by atoms with E-state index in [0.717, 1.165) is 12.4 Å². The second kappa shape index (κ2) is 12.3. The average molecular weight is 542 g/mol. The molecule has 2 N–H and O–H groups in total. The topological polar surface area (TPSA) is 206 Å². The summed E-state index contributed by atoms with van der Waals surface area (Å²) in [5.41, 5.74) is 4.42. The van der Waals surface area contributed by atoms with E-state index in [0.29, 0.717) is 30.8 Å². The number of carbonyl (C=O) groups excluding carboxylic acids is 2. The molecule has 0 radical (unpaired) electrons. The van der Waals surface area contributed by atoms with Gasteiger partial charge in [0.05, 0.1) is 45.5 Å². The Morgan fingerprint density at radius 3 is 1.49 bits per heavy atom. The average Bonchev–Trinajstić information content (AvgIpc) is 3.56. The van der Waals surface area contributed by atoms with E-state index in [9.17, 15) is 29.8 Å². The minimum absolute atomic E-state index is 0.0371. The summed E-state index contributed by atoms with van der Waals surface area (Å²) in [6.07, 6.45) is 4.09. The highest BCUT2D eigenvalue weighted by Gasteiger charge is 2.23. The van der Waals surface area contributed by atoms with E-state index in [1.54, 1.807) is 0 Å². The summed E-state index contributed by atoms with van der Waals surface area (Å²) in [6.45, 7) is -0.0741. The van der Waals surface area contributed by atoms with Crippen LogP contribution in [0.3, 0.4) is 0 Å². The largest absolute Gasteiger partial charge is 0.454 e. The smallest absolute Gasteiger partial charge is 0.282 e. The van der Waals surface area contributed by atoms with Gasteiger partial charge in [-0.2, -0.15) is 10.2 Å². The van der Waals surface area contributed by atoms with Crippen molar-refractivity contribution < 1.29 is 38.4 Å². The third-order valence-electron chi connectivity index (χ3n) is 5.53. The minimum atomic E-state index is -0.589. The van der Waals surface area contributed by atoms with Gasteiger partial charge in [-0.25, -0.2) is 10.9 Å². The molecule has 0 aromatic heterocycles. The molecule has 0 fully saturated rings. The number of nitrogens with zero attached hydrogens (tertiary/aromatic N) is 4. The van der Waals surface area contributed by atoms with Crippen molar-refractivity contribution in [2.75, 3.05) is 13.6 Å². The Hall–Kier alpha value is -5.28. The van der Waals surface area contributed by atoms with Gasteiger partial charge < -0.3 is 18.9 Å². The van der Waals surface area contributed by atoms with Gasteiger partial charge in [0.25, 0.3) is 11.4 Å². The summed E-state index contributed by atoms with van der Waals surface area (Å²) in [5.74, 6) is 0.423. The number of unbranched alkanes of at least 4 members (excludes halogenated alkanes) is 2. The first-order chi connectivity index (χ1) is 18.8. The number of hydrazone groups is 2. The third-order valence-corrected chi connectivity index (χ3v) is 5.53. The highest BCUT2D eigenvalue weighted by atomic mass is 16.7. The number of hydrogen-bond acceptors (Lipinski definition) is 12. The number of benzene rings is 2. The molecule has 39 heavy (non-hydrogen) atoms. The van der Waals surface area contributed by atoms with Crippen LogP contribution in [-0.2, 0) is 9.59 Å². The molecular formula is C23H22N6O10. The lowest BCUT2D eigenvalue weighted by atomic mass is 10.1. The highest BCUT2D eigenvalue weighted by molar-refractivity contribution is 5.89. The van der Waals surface area contributed by atoms with Crippen LogP contribution in [0.15, 0.2) is 34.5 Å². The number of nitrogens with one attached hydrogen (secondary N) is 2. The van der Waals surface area contributed by atoms with Gasteiger partial charge in [0.15, 0.2) is 23.0 Å². The van der Waals surface area contributed by atoms with Crippen LogP contribution in [0.5, 0.6) is 23.0 Å². The van der Waals surface area contributed by atoms with Crippen molar-refractivity contribution in [2.24, 2.45) is 10.2 Å². The summed E-state index contributed by atoms with van der Waals surface area (Å²) < 4.78 is 20.7. The first kappa shape index (κ1) is 26.8. The number of hydrogen-bond donors (Lipinski definition) is 2. The van der Waals surface area contributed by atoms with Crippen molar-refractivity contribution in [1.82, 2.24) is 10.9 Å². The number of nitro benzene ring substituents is 2. The van der Waals surface area contributed by atoms with E-state index in [-0.39, 0.29) is 60.4 Å². The fourth-order valence-corrected chi connectivity index (χ4v) is 3.62. The van der Waals surface area contributed by atoms with Gasteiger partial charge >= 0.3 is 0 Å². The van der Waals surface area contributed by atoms with Gasteiger partial charge in [0.1, 0.15) is 0 Å². The number of rotatable bonds is 12. The van der Waals surface area contributed by atoms with E-state index in [1.807, 2.05) is 0 Å². The van der Waals surface area contributed by atoms with Crippen LogP contribution >= 0.6 is 0 Å². The number of carbonyl (C=O) groups is 2. The monoisotopic (exact) mass is 542 g/mol. The first-order valence-corrected chi connectivity index (χ1v) is 11.6. The highest BCUT2D eigenvalue weighted by Crippen LogP contribution is 2.38. The molecule has 2 aromatic rings. The van der Waals surface area contributed by atoms with Crippen LogP contribution in [0.25, 0.3) is 0 Å². The van der Waals surface area contributed by atoms with Gasteiger partial charge in [0, 0.05) is 12.8 Å². The number of amides is 2. The van der Waals surface area contributed by atoms with Gasteiger partial charge in [0.2, 0.25) is 25.4 Å². The molecule has 0 aliphatic carbocycles. The molecule has 2 amide bonds. The quantitative estimate of drug-likeness (QED) is 0.173. The Morgan fingerprint density at radius 1 is 0.718 bits per heavy atom. The van der Waals surface area contributed by atoms with E-state index >= 15 is 0 Å². The van der Waals surface area contributed by atoms with Crippen LogP contribution in [-0.4, -0.2) is 47.7 Å². The van der Waals surface area contributed by atoms with Gasteiger partial charge in [-0.05, 0) is 25.0 Å². The molecule has 2 heterocycles. The summed E-state index contributed by atoms with van der Waals surface area (Å²) >= 11 is 0. The Labute approximate surface area is 219 Å². The zero-order chi connectivity index (χ0) is 27.8. The fourth-order valence-electron chi connectivity index (χ4n) is 3.62. The van der Waals surface area contributed by atoms with Crippen molar-refractivity contribution in [1.29, 1.82) is 0 Å². The number of nitro groups is 2. The van der Waals surface area contributed by atoms with Crippen molar-refractivity contribution in [3.05, 3.63) is 55.6 Å². The predicted molar refractivity (Wildman–Crippen MR) is 133 cm³/mol. The van der Waals surface area contributed by atoms with Crippen molar-refractivity contribution in [3.63, 3.8) is 0 Å². The summed E-state index contributed by atoms with van der Waals surface area (Å²) in [6, 6.07) is 5.27. The van der Waals surface area contributed by atoms with Gasteiger partial charge in [-0.15, -0.1) is 0 Å². The van der Waals surface area contributed by atoms with Gasteiger partial charge in [-0.3, -0.25) is 29.8 Å². The van der Waals surface area contributed by atoms with Crippen molar-refractivity contribution in [2.45, 2.75) is 32.1 Å². The molecule has 0 saturated carbocycles. The Balaban J connectivity index is 1.15. The maximum atomic E-state index is 12.0. The first-order valence-electron chi connectivity index (χ1n) is 11.6. The van der Waals surface area contributed by atoms with E-state index in [2.05, 4.69) is 21.1 Å². The maximum Gasteiger partial charge on any atom is 0.282 e. The second-order valence-electron chi connectivity index (χ2n) is 8.19. The molecular weight excluding hydrogens is 520 g/mol. The normalized spacial score (nSPS) is 13.1. The molecule has 0 spiro atoms. The van der Waals surface area contributed by atoms with Crippen LogP contribution < -0.4 is 29.8 Å². The Morgan fingerprint density at radius 2 is 1.10 bits per heavy atom. The maximum absolute atomic E-state index is 12.0. The van der Waals surface area contributed by atoms with Crippen molar-refractivity contribution >= 4 is 35.6 Å². The minimum Gasteiger partial charge on any atom is -0.454 e. The van der Waals surface area contributed by atoms with E-state index in [1.165, 1.54) is 24.3 Å². The standard InChI is InChI=1S/C23H22N6O10/c30-22(26-24-10-14-6-18-20(38-12-36-18)8-16(14)28(32)33)4-2-1-3-5-23(31)27-25-11-15-7-19-21(39-13-37-19)9-17(15)29(34)35/h6-11H,1-5,12-13H2,(H,26,30)(H,27,31)/b24-10-,25-11-. The SMILES string of the molecule is O=C(CCCCCC(=O)N/N=C\c1cc2c(cc1[N+](=O)[O-])OCO2)N/N=C\c1cc2c(cc1[N+](=O)[O-])OCO2. The lowest BCUT2D eigenvalue weighted by Gasteiger charge is -2.03. The molecule has 2 aliphatic rings. The molecule has 0 unspecified atom stereocenters. The lowest BCUT2D eigenvalue weighted by molar-refractivity contribution is -0.385. The molecule has 0 saturated heterocycles. The summed E-state index contributed by atoms with van der Waals surface area (Å²) in [5, 5.41) is 30.1. The Bertz CT molecular complexity index is 1260. The molecule has 0 atom stereocenters. The number of ether oxygens (including phenoxy) is 4. The molecule has 4 rings (SSSR count). The van der Waals surface area contributed by atoms with Crippen LogP contribution in [0.4, 0.5) is 11.4 Å². The Kier molecular flexibility index (Phi) is 8.45.